The third-order valence-electron chi connectivity index (χ3n) is 5.16. The number of allylic oxidation sites excluding steroid dienone is 1. The monoisotopic (exact) mass is 426 g/mol. The third kappa shape index (κ3) is 3.79. The highest BCUT2D eigenvalue weighted by Gasteiger charge is 2.45. The Morgan fingerprint density at radius 1 is 0.938 bits per heavy atom. The van der Waals surface area contributed by atoms with Gasteiger partial charge < -0.3 is 5.11 Å². The van der Waals surface area contributed by atoms with Crippen LogP contribution >= 0.6 is 0 Å². The average Bonchev–Trinajstić information content (AvgIpc) is 3.09. The van der Waals surface area contributed by atoms with Crippen molar-refractivity contribution in [2.24, 2.45) is 0 Å². The van der Waals surface area contributed by atoms with E-state index in [0.717, 1.165) is 5.56 Å². The number of benzene rings is 3. The van der Waals surface area contributed by atoms with Crippen LogP contribution in [0, 0.1) is 10.1 Å². The van der Waals surface area contributed by atoms with E-state index in [9.17, 15) is 24.8 Å². The number of nitro benzene ring substituents is 1. The van der Waals surface area contributed by atoms with E-state index in [2.05, 4.69) is 0 Å². The third-order valence-corrected chi connectivity index (χ3v) is 5.16. The second-order valence-electron chi connectivity index (χ2n) is 7.10. The average molecular weight is 426 g/mol. The van der Waals surface area contributed by atoms with Crippen LogP contribution in [0.2, 0.25) is 0 Å². The molecule has 1 aliphatic rings. The topological polar surface area (TPSA) is 101 Å². The number of ketones is 1. The summed E-state index contributed by atoms with van der Waals surface area (Å²) in [5.74, 6) is -2.13. The van der Waals surface area contributed by atoms with E-state index in [1.807, 2.05) is 18.2 Å². The number of rotatable bonds is 6. The fourth-order valence-electron chi connectivity index (χ4n) is 3.72. The van der Waals surface area contributed by atoms with E-state index >= 15 is 0 Å². The largest absolute Gasteiger partial charge is 0.503 e. The van der Waals surface area contributed by atoms with Gasteiger partial charge in [-0.05, 0) is 29.8 Å². The Kier molecular flexibility index (Phi) is 5.63. The summed E-state index contributed by atoms with van der Waals surface area (Å²) < 4.78 is 0. The molecule has 158 valence electrons. The SMILES string of the molecule is O=C(/C=C/c1ccccc1)C1=C(O)C(=O)N(c2ccccc2)C1c1ccccc1[N+](=O)[O-]. The first-order valence-electron chi connectivity index (χ1n) is 9.81. The van der Waals surface area contributed by atoms with Crippen molar-refractivity contribution in [1.29, 1.82) is 0 Å². The zero-order valence-corrected chi connectivity index (χ0v) is 16.8. The Morgan fingerprint density at radius 3 is 2.19 bits per heavy atom. The van der Waals surface area contributed by atoms with Crippen molar-refractivity contribution in [2.45, 2.75) is 6.04 Å². The molecule has 1 heterocycles. The highest BCUT2D eigenvalue weighted by Crippen LogP contribution is 2.43. The second-order valence-corrected chi connectivity index (χ2v) is 7.10. The molecule has 4 rings (SSSR count). The highest BCUT2D eigenvalue weighted by atomic mass is 16.6. The lowest BCUT2D eigenvalue weighted by Crippen LogP contribution is -2.31. The summed E-state index contributed by atoms with van der Waals surface area (Å²) in [5, 5.41) is 22.4. The number of anilines is 1. The van der Waals surface area contributed by atoms with Crippen molar-refractivity contribution in [3.63, 3.8) is 0 Å². The molecule has 0 aliphatic carbocycles. The Labute approximate surface area is 183 Å². The number of para-hydroxylation sites is 2. The van der Waals surface area contributed by atoms with Crippen LogP contribution in [0.4, 0.5) is 11.4 Å². The summed E-state index contributed by atoms with van der Waals surface area (Å²) >= 11 is 0. The van der Waals surface area contributed by atoms with Crippen molar-refractivity contribution >= 4 is 29.1 Å². The number of amides is 1. The molecule has 1 aliphatic heterocycles. The van der Waals surface area contributed by atoms with Gasteiger partial charge >= 0.3 is 0 Å². The second kappa shape index (κ2) is 8.69. The lowest BCUT2D eigenvalue weighted by molar-refractivity contribution is -0.385. The predicted octanol–water partition coefficient (Wildman–Crippen LogP) is 4.78. The van der Waals surface area contributed by atoms with Crippen LogP contribution in [0.3, 0.4) is 0 Å². The smallest absolute Gasteiger partial charge is 0.294 e. The molecule has 0 saturated carbocycles. The van der Waals surface area contributed by atoms with Crippen molar-refractivity contribution in [3.05, 3.63) is 124 Å². The zero-order valence-electron chi connectivity index (χ0n) is 16.8. The number of nitro groups is 1. The predicted molar refractivity (Wildman–Crippen MR) is 120 cm³/mol. The van der Waals surface area contributed by atoms with Gasteiger partial charge in [-0.25, -0.2) is 0 Å². The zero-order chi connectivity index (χ0) is 22.7. The molecular formula is C25H18N2O5. The van der Waals surface area contributed by atoms with Gasteiger partial charge in [0.2, 0.25) is 0 Å². The molecule has 3 aromatic carbocycles. The summed E-state index contributed by atoms with van der Waals surface area (Å²) in [6.45, 7) is 0. The molecule has 0 spiro atoms. The lowest BCUT2D eigenvalue weighted by Gasteiger charge is -2.26. The maximum atomic E-state index is 13.2. The van der Waals surface area contributed by atoms with Crippen LogP contribution in [0.5, 0.6) is 0 Å². The van der Waals surface area contributed by atoms with Crippen LogP contribution in [0.15, 0.2) is 102 Å². The van der Waals surface area contributed by atoms with Crippen molar-refractivity contribution in [3.8, 4) is 0 Å². The van der Waals surface area contributed by atoms with Crippen molar-refractivity contribution < 1.29 is 19.6 Å². The van der Waals surface area contributed by atoms with E-state index in [-0.39, 0.29) is 16.8 Å². The molecule has 7 heteroatoms. The fourth-order valence-corrected chi connectivity index (χ4v) is 3.72. The van der Waals surface area contributed by atoms with E-state index in [1.54, 1.807) is 54.6 Å². The summed E-state index contributed by atoms with van der Waals surface area (Å²) in [4.78, 5) is 38.5. The Balaban J connectivity index is 1.85. The van der Waals surface area contributed by atoms with Crippen LogP contribution in [-0.4, -0.2) is 21.7 Å². The number of hydrogen-bond acceptors (Lipinski definition) is 5. The molecule has 0 saturated heterocycles. The molecule has 3 aromatic rings. The molecular weight excluding hydrogens is 408 g/mol. The van der Waals surface area contributed by atoms with Crippen molar-refractivity contribution in [2.75, 3.05) is 4.90 Å². The van der Waals surface area contributed by atoms with E-state index in [1.165, 1.54) is 29.2 Å². The van der Waals surface area contributed by atoms with Crippen LogP contribution < -0.4 is 4.90 Å². The molecule has 7 nitrogen and oxygen atoms in total. The molecule has 0 bridgehead atoms. The molecule has 0 radical (unpaired) electrons. The van der Waals surface area contributed by atoms with Crippen LogP contribution in [0.25, 0.3) is 6.08 Å². The Hall–Kier alpha value is -4.52. The molecule has 1 amide bonds. The minimum Gasteiger partial charge on any atom is -0.503 e. The van der Waals surface area contributed by atoms with E-state index in [0.29, 0.717) is 5.69 Å². The van der Waals surface area contributed by atoms with Crippen LogP contribution in [0.1, 0.15) is 17.2 Å². The summed E-state index contributed by atoms with van der Waals surface area (Å²) in [7, 11) is 0. The van der Waals surface area contributed by atoms with Gasteiger partial charge in [0.25, 0.3) is 11.6 Å². The molecule has 32 heavy (non-hydrogen) atoms. The first-order chi connectivity index (χ1) is 15.5. The number of nitrogens with zero attached hydrogens (tertiary/aromatic N) is 2. The normalized spacial score (nSPS) is 16.1. The van der Waals surface area contributed by atoms with Gasteiger partial charge in [-0.3, -0.25) is 24.6 Å². The first-order valence-corrected chi connectivity index (χ1v) is 9.81. The van der Waals surface area contributed by atoms with E-state index in [4.69, 9.17) is 0 Å². The number of hydrogen-bond donors (Lipinski definition) is 1. The summed E-state index contributed by atoms with van der Waals surface area (Å²) in [6, 6.07) is 22.2. The van der Waals surface area contributed by atoms with Gasteiger partial charge in [0.05, 0.1) is 16.1 Å². The standard InChI is InChI=1S/C25H18N2O5/c28-21(16-15-17-9-3-1-4-10-17)22-23(19-13-7-8-14-20(19)27(31)32)26(25(30)24(22)29)18-11-5-2-6-12-18/h1-16,23,29H/b16-15+. The van der Waals surface area contributed by atoms with Crippen molar-refractivity contribution in [1.82, 2.24) is 0 Å². The Bertz CT molecular complexity index is 1250. The Morgan fingerprint density at radius 2 is 1.53 bits per heavy atom. The first kappa shape index (κ1) is 20.7. The quantitative estimate of drug-likeness (QED) is 0.347. The minimum absolute atomic E-state index is 0.134. The number of aliphatic hydroxyl groups is 1. The van der Waals surface area contributed by atoms with Gasteiger partial charge in [0.15, 0.2) is 11.5 Å². The minimum atomic E-state index is -1.15. The maximum Gasteiger partial charge on any atom is 0.294 e. The summed E-state index contributed by atoms with van der Waals surface area (Å²) in [6.07, 6.45) is 2.82. The molecule has 0 fully saturated rings. The number of aliphatic hydroxyl groups excluding tert-OH is 1. The van der Waals surface area contributed by atoms with Gasteiger partial charge in [-0.2, -0.15) is 0 Å². The molecule has 1 atom stereocenters. The number of carbonyl (C=O) groups is 2. The highest BCUT2D eigenvalue weighted by molar-refractivity contribution is 6.20. The van der Waals surface area contributed by atoms with Crippen LogP contribution in [-0.2, 0) is 9.59 Å². The lowest BCUT2D eigenvalue weighted by atomic mass is 9.94. The van der Waals surface area contributed by atoms with Gasteiger partial charge in [-0.15, -0.1) is 0 Å². The summed E-state index contributed by atoms with van der Waals surface area (Å²) in [5.41, 5.74) is 0.836. The van der Waals surface area contributed by atoms with E-state index < -0.39 is 28.4 Å². The number of carbonyl (C=O) groups excluding carboxylic acids is 2. The van der Waals surface area contributed by atoms with Gasteiger partial charge in [0, 0.05) is 11.8 Å². The molecule has 1 unspecified atom stereocenters. The maximum absolute atomic E-state index is 13.2. The molecule has 0 aromatic heterocycles. The molecule has 1 N–H and O–H groups in total. The van der Waals surface area contributed by atoms with Gasteiger partial charge in [0.1, 0.15) is 6.04 Å². The van der Waals surface area contributed by atoms with Gasteiger partial charge in [-0.1, -0.05) is 66.7 Å². The fraction of sp³-hybridized carbons (Fsp3) is 0.0400.